The van der Waals surface area contributed by atoms with Crippen molar-refractivity contribution in [3.05, 3.63) is 46.2 Å². The first-order valence-corrected chi connectivity index (χ1v) is 4.08. The number of aromatic amines is 2. The summed E-state index contributed by atoms with van der Waals surface area (Å²) in [5.74, 6) is 0. The summed E-state index contributed by atoms with van der Waals surface area (Å²) in [5, 5.41) is 13.9. The summed E-state index contributed by atoms with van der Waals surface area (Å²) >= 11 is 0. The van der Waals surface area contributed by atoms with Crippen molar-refractivity contribution in [3.63, 3.8) is 0 Å². The van der Waals surface area contributed by atoms with Crippen molar-refractivity contribution in [2.45, 2.75) is 0 Å². The molecule has 0 amide bonds. The third-order valence-electron chi connectivity index (χ3n) is 1.90. The molecule has 0 aliphatic rings. The van der Waals surface area contributed by atoms with Gasteiger partial charge in [-0.05, 0) is 12.1 Å². The zero-order valence-electron chi connectivity index (χ0n) is 7.24. The molecule has 1 heterocycles. The molecule has 0 unspecified atom stereocenters. The molecule has 0 aliphatic heterocycles. The van der Waals surface area contributed by atoms with E-state index in [1.807, 2.05) is 12.1 Å². The van der Waals surface area contributed by atoms with Crippen LogP contribution in [0, 0.1) is 11.3 Å². The van der Waals surface area contributed by atoms with Crippen LogP contribution >= 0.6 is 0 Å². The van der Waals surface area contributed by atoms with Gasteiger partial charge < -0.3 is 0 Å². The molecule has 2 N–H and O–H groups in total. The molecule has 14 heavy (non-hydrogen) atoms. The maximum absolute atomic E-state index is 10.9. The number of hydrogen-bond donors (Lipinski definition) is 2. The molecule has 68 valence electrons. The Labute approximate surface area is 79.8 Å². The van der Waals surface area contributed by atoms with Gasteiger partial charge in [-0.1, -0.05) is 12.1 Å². The second-order valence-electron chi connectivity index (χ2n) is 2.86. The lowest BCUT2D eigenvalue weighted by Gasteiger charge is -1.96. The number of nitrogens with zero attached hydrogens (tertiary/aromatic N) is 1. The van der Waals surface area contributed by atoms with E-state index in [9.17, 15) is 4.79 Å². The van der Waals surface area contributed by atoms with Crippen molar-refractivity contribution in [1.29, 1.82) is 5.26 Å². The number of nitrogens with one attached hydrogen (secondary N) is 2. The van der Waals surface area contributed by atoms with Gasteiger partial charge in [0.15, 0.2) is 0 Å². The molecule has 0 atom stereocenters. The standard InChI is InChI=1S/C10H7N3O/c11-6-7-2-1-3-8(4-7)9-5-10(14)13-12-9/h1-5H,(H2,12,13,14). The molecule has 0 radical (unpaired) electrons. The number of benzene rings is 1. The van der Waals surface area contributed by atoms with Gasteiger partial charge in [-0.2, -0.15) is 5.26 Å². The van der Waals surface area contributed by atoms with Crippen LogP contribution in [-0.2, 0) is 0 Å². The van der Waals surface area contributed by atoms with E-state index in [4.69, 9.17) is 5.26 Å². The van der Waals surface area contributed by atoms with Gasteiger partial charge in [0, 0.05) is 11.6 Å². The molecular formula is C10H7N3O. The molecular weight excluding hydrogens is 178 g/mol. The number of rotatable bonds is 1. The minimum Gasteiger partial charge on any atom is -0.298 e. The van der Waals surface area contributed by atoms with Gasteiger partial charge in [0.2, 0.25) is 0 Å². The zero-order chi connectivity index (χ0) is 9.97. The summed E-state index contributed by atoms with van der Waals surface area (Å²) in [6.45, 7) is 0. The summed E-state index contributed by atoms with van der Waals surface area (Å²) in [5.41, 5.74) is 1.90. The van der Waals surface area contributed by atoms with E-state index >= 15 is 0 Å². The fraction of sp³-hybridized carbons (Fsp3) is 0. The van der Waals surface area contributed by atoms with Crippen molar-refractivity contribution >= 4 is 0 Å². The maximum atomic E-state index is 10.9. The molecule has 1 aromatic carbocycles. The number of nitriles is 1. The Morgan fingerprint density at radius 2 is 2.07 bits per heavy atom. The molecule has 2 rings (SSSR count). The van der Waals surface area contributed by atoms with Gasteiger partial charge in [0.25, 0.3) is 5.56 Å². The summed E-state index contributed by atoms with van der Waals surface area (Å²) < 4.78 is 0. The molecule has 4 heteroatoms. The summed E-state index contributed by atoms with van der Waals surface area (Å²) in [6, 6.07) is 10.5. The van der Waals surface area contributed by atoms with Gasteiger partial charge in [0.05, 0.1) is 17.3 Å². The first kappa shape index (κ1) is 8.32. The fourth-order valence-corrected chi connectivity index (χ4v) is 1.24. The lowest BCUT2D eigenvalue weighted by atomic mass is 10.1. The molecule has 0 saturated heterocycles. The van der Waals surface area contributed by atoms with E-state index in [0.29, 0.717) is 11.3 Å². The summed E-state index contributed by atoms with van der Waals surface area (Å²) in [6.07, 6.45) is 0. The average molecular weight is 185 g/mol. The van der Waals surface area contributed by atoms with E-state index in [1.165, 1.54) is 6.07 Å². The number of aromatic nitrogens is 2. The first-order chi connectivity index (χ1) is 6.79. The quantitative estimate of drug-likeness (QED) is 0.701. The summed E-state index contributed by atoms with van der Waals surface area (Å²) in [4.78, 5) is 10.9. The number of hydrogen-bond acceptors (Lipinski definition) is 2. The SMILES string of the molecule is N#Cc1cccc(-c2cc(=O)[nH][nH]2)c1. The highest BCUT2D eigenvalue weighted by Gasteiger charge is 2.00. The molecule has 4 nitrogen and oxygen atoms in total. The highest BCUT2D eigenvalue weighted by Crippen LogP contribution is 2.15. The normalized spacial score (nSPS) is 9.64. The highest BCUT2D eigenvalue weighted by molar-refractivity contribution is 5.60. The Balaban J connectivity index is 2.53. The van der Waals surface area contributed by atoms with E-state index in [0.717, 1.165) is 5.56 Å². The Hall–Kier alpha value is -2.28. The Kier molecular flexibility index (Phi) is 1.92. The van der Waals surface area contributed by atoms with E-state index in [1.54, 1.807) is 18.2 Å². The summed E-state index contributed by atoms with van der Waals surface area (Å²) in [7, 11) is 0. The molecule has 0 saturated carbocycles. The van der Waals surface area contributed by atoms with Crippen LogP contribution in [0.4, 0.5) is 0 Å². The van der Waals surface area contributed by atoms with Gasteiger partial charge in [-0.3, -0.25) is 15.0 Å². The Bertz CT molecular complexity index is 545. The van der Waals surface area contributed by atoms with Crippen molar-refractivity contribution in [2.75, 3.05) is 0 Å². The van der Waals surface area contributed by atoms with Crippen LogP contribution in [0.5, 0.6) is 0 Å². The topological polar surface area (TPSA) is 72.4 Å². The van der Waals surface area contributed by atoms with Crippen molar-refractivity contribution < 1.29 is 0 Å². The minimum absolute atomic E-state index is 0.178. The lowest BCUT2D eigenvalue weighted by molar-refractivity contribution is 1.06. The molecule has 0 fully saturated rings. The Morgan fingerprint density at radius 3 is 2.71 bits per heavy atom. The number of H-pyrrole nitrogens is 2. The van der Waals surface area contributed by atoms with Crippen molar-refractivity contribution in [2.24, 2.45) is 0 Å². The molecule has 0 spiro atoms. The van der Waals surface area contributed by atoms with E-state index < -0.39 is 0 Å². The van der Waals surface area contributed by atoms with Gasteiger partial charge in [0.1, 0.15) is 0 Å². The van der Waals surface area contributed by atoms with E-state index in [2.05, 4.69) is 10.2 Å². The zero-order valence-corrected chi connectivity index (χ0v) is 7.24. The van der Waals surface area contributed by atoms with Crippen LogP contribution in [0.2, 0.25) is 0 Å². The van der Waals surface area contributed by atoms with Crippen LogP contribution in [0.15, 0.2) is 35.1 Å². The largest absolute Gasteiger partial charge is 0.298 e. The average Bonchev–Trinajstić information content (AvgIpc) is 2.65. The van der Waals surface area contributed by atoms with Crippen LogP contribution < -0.4 is 5.56 Å². The third-order valence-corrected chi connectivity index (χ3v) is 1.90. The Morgan fingerprint density at radius 1 is 1.21 bits per heavy atom. The molecule has 0 aliphatic carbocycles. The van der Waals surface area contributed by atoms with Crippen molar-refractivity contribution in [3.8, 4) is 17.3 Å². The minimum atomic E-state index is -0.178. The van der Waals surface area contributed by atoms with Gasteiger partial charge in [-0.25, -0.2) is 0 Å². The molecule has 1 aromatic heterocycles. The molecule has 0 bridgehead atoms. The predicted octanol–water partition coefficient (Wildman–Crippen LogP) is 1.24. The van der Waals surface area contributed by atoms with Crippen LogP contribution in [0.1, 0.15) is 5.56 Å². The van der Waals surface area contributed by atoms with Crippen molar-refractivity contribution in [1.82, 2.24) is 10.2 Å². The van der Waals surface area contributed by atoms with Gasteiger partial charge in [-0.15, -0.1) is 0 Å². The fourth-order valence-electron chi connectivity index (χ4n) is 1.24. The van der Waals surface area contributed by atoms with Crippen LogP contribution in [-0.4, -0.2) is 10.2 Å². The second-order valence-corrected chi connectivity index (χ2v) is 2.86. The van der Waals surface area contributed by atoms with Crippen LogP contribution in [0.25, 0.3) is 11.3 Å². The van der Waals surface area contributed by atoms with Crippen LogP contribution in [0.3, 0.4) is 0 Å². The van der Waals surface area contributed by atoms with Gasteiger partial charge >= 0.3 is 0 Å². The monoisotopic (exact) mass is 185 g/mol. The lowest BCUT2D eigenvalue weighted by Crippen LogP contribution is -1.93. The first-order valence-electron chi connectivity index (χ1n) is 4.08. The maximum Gasteiger partial charge on any atom is 0.264 e. The smallest absolute Gasteiger partial charge is 0.264 e. The second kappa shape index (κ2) is 3.23. The third kappa shape index (κ3) is 1.43. The molecule has 2 aromatic rings. The predicted molar refractivity (Wildman–Crippen MR) is 51.6 cm³/mol. The highest BCUT2D eigenvalue weighted by atomic mass is 16.1. The van der Waals surface area contributed by atoms with E-state index in [-0.39, 0.29) is 5.56 Å².